The molecule has 74 valence electrons. The highest BCUT2D eigenvalue weighted by molar-refractivity contribution is 8.03. The van der Waals surface area contributed by atoms with Crippen molar-refractivity contribution in [3.8, 4) is 0 Å². The van der Waals surface area contributed by atoms with E-state index in [-0.39, 0.29) is 0 Å². The first-order chi connectivity index (χ1) is 6.26. The van der Waals surface area contributed by atoms with E-state index in [2.05, 4.69) is 39.5 Å². The molecule has 0 aliphatic rings. The maximum Gasteiger partial charge on any atom is 0.00976 e. The van der Waals surface area contributed by atoms with Gasteiger partial charge in [0.2, 0.25) is 0 Å². The van der Waals surface area contributed by atoms with Crippen LogP contribution in [-0.2, 0) is 0 Å². The zero-order chi connectivity index (χ0) is 10.1. The lowest BCUT2D eigenvalue weighted by Gasteiger charge is -2.05. The molecule has 0 radical (unpaired) electrons. The van der Waals surface area contributed by atoms with Gasteiger partial charge < -0.3 is 0 Å². The van der Waals surface area contributed by atoms with E-state index in [1.165, 1.54) is 29.1 Å². The highest BCUT2D eigenvalue weighted by Crippen LogP contribution is 2.24. The van der Waals surface area contributed by atoms with Crippen LogP contribution >= 0.6 is 11.8 Å². The summed E-state index contributed by atoms with van der Waals surface area (Å²) in [5.41, 5.74) is 1.35. The second kappa shape index (κ2) is 8.18. The van der Waals surface area contributed by atoms with Crippen LogP contribution in [0.25, 0.3) is 0 Å². The van der Waals surface area contributed by atoms with Crippen molar-refractivity contribution in [3.05, 3.63) is 35.3 Å². The summed E-state index contributed by atoms with van der Waals surface area (Å²) in [4.78, 5) is 1.35. The predicted octanol–water partition coefficient (Wildman–Crippen LogP) is 4.56. The molecular weight excluding hydrogens is 176 g/mol. The SMILES string of the molecule is C=C/C=C(SCCCC)\C(C)=C/C. The van der Waals surface area contributed by atoms with E-state index in [9.17, 15) is 0 Å². The lowest BCUT2D eigenvalue weighted by Crippen LogP contribution is -1.83. The van der Waals surface area contributed by atoms with Gasteiger partial charge >= 0.3 is 0 Å². The van der Waals surface area contributed by atoms with Gasteiger partial charge in [0.05, 0.1) is 0 Å². The number of thioether (sulfide) groups is 1. The number of hydrogen-bond acceptors (Lipinski definition) is 1. The van der Waals surface area contributed by atoms with Crippen molar-refractivity contribution >= 4 is 11.8 Å². The van der Waals surface area contributed by atoms with Gasteiger partial charge in [0, 0.05) is 4.91 Å². The number of rotatable bonds is 6. The van der Waals surface area contributed by atoms with Crippen molar-refractivity contribution in [2.75, 3.05) is 5.75 Å². The maximum atomic E-state index is 3.73. The Morgan fingerprint density at radius 2 is 2.15 bits per heavy atom. The Morgan fingerprint density at radius 3 is 2.62 bits per heavy atom. The van der Waals surface area contributed by atoms with Crippen LogP contribution in [0, 0.1) is 0 Å². The van der Waals surface area contributed by atoms with Gasteiger partial charge in [0.15, 0.2) is 0 Å². The van der Waals surface area contributed by atoms with Crippen molar-refractivity contribution in [3.63, 3.8) is 0 Å². The van der Waals surface area contributed by atoms with Gasteiger partial charge in [-0.1, -0.05) is 32.1 Å². The Balaban J connectivity index is 4.12. The maximum absolute atomic E-state index is 3.73. The summed E-state index contributed by atoms with van der Waals surface area (Å²) in [6.45, 7) is 10.2. The normalized spacial score (nSPS) is 13.2. The molecule has 0 aliphatic carbocycles. The van der Waals surface area contributed by atoms with E-state index in [0.717, 1.165) is 0 Å². The number of hydrogen-bond donors (Lipinski definition) is 0. The van der Waals surface area contributed by atoms with Crippen LogP contribution in [0.3, 0.4) is 0 Å². The van der Waals surface area contributed by atoms with Crippen LogP contribution in [0.5, 0.6) is 0 Å². The van der Waals surface area contributed by atoms with Crippen molar-refractivity contribution in [1.82, 2.24) is 0 Å². The first-order valence-electron chi connectivity index (χ1n) is 4.85. The van der Waals surface area contributed by atoms with Gasteiger partial charge in [-0.3, -0.25) is 0 Å². The minimum atomic E-state index is 1.21. The smallest absolute Gasteiger partial charge is 0.00976 e. The van der Waals surface area contributed by atoms with Gasteiger partial charge in [0.25, 0.3) is 0 Å². The summed E-state index contributed by atoms with van der Waals surface area (Å²) in [5, 5.41) is 0. The Labute approximate surface area is 86.8 Å². The molecule has 0 aromatic heterocycles. The molecular formula is C12H20S. The summed E-state index contributed by atoms with van der Waals surface area (Å²) in [6.07, 6.45) is 8.66. The second-order valence-electron chi connectivity index (χ2n) is 2.94. The molecule has 0 saturated heterocycles. The third-order valence-electron chi connectivity index (χ3n) is 1.85. The molecule has 0 saturated carbocycles. The summed E-state index contributed by atoms with van der Waals surface area (Å²) in [7, 11) is 0. The quantitative estimate of drug-likeness (QED) is 0.443. The molecule has 0 unspecified atom stereocenters. The van der Waals surface area contributed by atoms with E-state index in [4.69, 9.17) is 0 Å². The van der Waals surface area contributed by atoms with Crippen molar-refractivity contribution < 1.29 is 0 Å². The lowest BCUT2D eigenvalue weighted by atomic mass is 10.2. The van der Waals surface area contributed by atoms with Crippen molar-refractivity contribution in [2.24, 2.45) is 0 Å². The predicted molar refractivity (Wildman–Crippen MR) is 65.1 cm³/mol. The van der Waals surface area contributed by atoms with E-state index in [0.29, 0.717) is 0 Å². The molecule has 0 bridgehead atoms. The summed E-state index contributed by atoms with van der Waals surface area (Å²) in [6, 6.07) is 0. The Bertz CT molecular complexity index is 199. The van der Waals surface area contributed by atoms with Crippen LogP contribution < -0.4 is 0 Å². The Morgan fingerprint density at radius 1 is 1.46 bits per heavy atom. The molecule has 1 heteroatoms. The zero-order valence-corrected chi connectivity index (χ0v) is 9.79. The minimum absolute atomic E-state index is 1.21. The molecule has 0 spiro atoms. The highest BCUT2D eigenvalue weighted by atomic mass is 32.2. The fourth-order valence-electron chi connectivity index (χ4n) is 0.869. The van der Waals surface area contributed by atoms with E-state index in [1.807, 2.05) is 17.8 Å². The molecule has 0 fully saturated rings. The van der Waals surface area contributed by atoms with Crippen LogP contribution in [0.15, 0.2) is 35.3 Å². The summed E-state index contributed by atoms with van der Waals surface area (Å²) < 4.78 is 0. The molecule has 0 N–H and O–H groups in total. The van der Waals surface area contributed by atoms with Crippen molar-refractivity contribution in [2.45, 2.75) is 33.6 Å². The average Bonchev–Trinajstić information content (AvgIpc) is 2.16. The molecule has 0 heterocycles. The summed E-state index contributed by atoms with van der Waals surface area (Å²) in [5.74, 6) is 1.21. The van der Waals surface area contributed by atoms with Crippen LogP contribution in [0.4, 0.5) is 0 Å². The first-order valence-corrected chi connectivity index (χ1v) is 5.83. The number of allylic oxidation sites excluding steroid dienone is 4. The van der Waals surface area contributed by atoms with E-state index in [1.54, 1.807) is 0 Å². The van der Waals surface area contributed by atoms with Crippen LogP contribution in [0.2, 0.25) is 0 Å². The van der Waals surface area contributed by atoms with Gasteiger partial charge in [-0.15, -0.1) is 11.8 Å². The molecule has 0 aliphatic heterocycles. The van der Waals surface area contributed by atoms with E-state index >= 15 is 0 Å². The fourth-order valence-corrected chi connectivity index (χ4v) is 2.06. The Hall–Kier alpha value is -0.430. The fraction of sp³-hybridized carbons (Fsp3) is 0.500. The minimum Gasteiger partial charge on any atom is -0.126 e. The molecule has 0 amide bonds. The highest BCUT2D eigenvalue weighted by Gasteiger charge is 1.98. The largest absolute Gasteiger partial charge is 0.126 e. The Kier molecular flexibility index (Phi) is 7.91. The van der Waals surface area contributed by atoms with Gasteiger partial charge in [-0.05, 0) is 37.7 Å². The zero-order valence-electron chi connectivity index (χ0n) is 8.97. The van der Waals surface area contributed by atoms with Crippen molar-refractivity contribution in [1.29, 1.82) is 0 Å². The summed E-state index contributed by atoms with van der Waals surface area (Å²) >= 11 is 1.92. The molecule has 0 aromatic carbocycles. The molecule has 0 nitrogen and oxygen atoms in total. The molecule has 0 rings (SSSR count). The van der Waals surface area contributed by atoms with Gasteiger partial charge in [-0.2, -0.15) is 0 Å². The van der Waals surface area contributed by atoms with E-state index < -0.39 is 0 Å². The third kappa shape index (κ3) is 5.75. The third-order valence-corrected chi connectivity index (χ3v) is 3.11. The second-order valence-corrected chi connectivity index (χ2v) is 4.08. The topological polar surface area (TPSA) is 0 Å². The molecule has 0 aromatic rings. The van der Waals surface area contributed by atoms with Gasteiger partial charge in [0.1, 0.15) is 0 Å². The van der Waals surface area contributed by atoms with Crippen LogP contribution in [-0.4, -0.2) is 5.75 Å². The lowest BCUT2D eigenvalue weighted by molar-refractivity contribution is 0.897. The average molecular weight is 196 g/mol. The standard InChI is InChI=1S/C12H20S/c1-5-8-10-13-12(9-6-2)11(4)7-3/h6-7,9H,2,5,8,10H2,1,3-4H3/b11-7-,12-9+. The monoisotopic (exact) mass is 196 g/mol. The van der Waals surface area contributed by atoms with Crippen LogP contribution in [0.1, 0.15) is 33.6 Å². The first kappa shape index (κ1) is 12.6. The molecule has 0 atom stereocenters. The van der Waals surface area contributed by atoms with Gasteiger partial charge in [-0.25, -0.2) is 0 Å². The number of unbranched alkanes of at least 4 members (excludes halogenated alkanes) is 1. The molecule has 13 heavy (non-hydrogen) atoms.